The molecule has 0 aliphatic carbocycles. The number of benzene rings is 1. The highest BCUT2D eigenvalue weighted by Gasteiger charge is 2.13. The molecule has 0 saturated carbocycles. The highest BCUT2D eigenvalue weighted by Crippen LogP contribution is 2.01. The smallest absolute Gasteiger partial charge is 0.354 e. The molecule has 18 heavy (non-hydrogen) atoms. The Morgan fingerprint density at radius 1 is 1.22 bits per heavy atom. The average molecular weight is 245 g/mol. The first-order chi connectivity index (χ1) is 8.69. The molecule has 1 aromatic carbocycles. The van der Waals surface area contributed by atoms with Crippen LogP contribution in [0.1, 0.15) is 17.3 Å². The molecule has 4 nitrogen and oxygen atoms in total. The summed E-state index contributed by atoms with van der Waals surface area (Å²) in [5, 5.41) is 2.52. The molecule has 0 aliphatic heterocycles. The number of nitrogens with one attached hydrogen (secondary N) is 1. The van der Waals surface area contributed by atoms with Gasteiger partial charge < -0.3 is 10.1 Å². The fourth-order valence-corrected chi connectivity index (χ4v) is 1.25. The molecule has 1 amide bonds. The summed E-state index contributed by atoms with van der Waals surface area (Å²) in [6.45, 7) is 1.81. The monoisotopic (exact) mass is 245 g/mol. The van der Waals surface area contributed by atoms with E-state index >= 15 is 0 Å². The molecule has 0 unspecified atom stereocenters. The van der Waals surface area contributed by atoms with Gasteiger partial charge in [-0.2, -0.15) is 0 Å². The number of carbonyl (C=O) groups is 2. The maximum atomic E-state index is 11.9. The highest BCUT2D eigenvalue weighted by molar-refractivity contribution is 6.01. The maximum absolute atomic E-state index is 11.9. The maximum Gasteiger partial charge on any atom is 0.354 e. The molecule has 4 heteroatoms. The lowest BCUT2D eigenvalue weighted by Gasteiger charge is -2.07. The van der Waals surface area contributed by atoms with Gasteiger partial charge in [0.05, 0.1) is 7.11 Å². The SMILES string of the molecule is C/C=C/C=C(/NC(=O)c1ccccc1)C(=O)OC. The largest absolute Gasteiger partial charge is 0.464 e. The first-order valence-electron chi connectivity index (χ1n) is 5.46. The molecule has 0 heterocycles. The van der Waals surface area contributed by atoms with E-state index in [-0.39, 0.29) is 11.6 Å². The minimum Gasteiger partial charge on any atom is -0.464 e. The van der Waals surface area contributed by atoms with Crippen molar-refractivity contribution in [1.82, 2.24) is 5.32 Å². The van der Waals surface area contributed by atoms with Crippen LogP contribution in [0.15, 0.2) is 54.3 Å². The minimum atomic E-state index is -0.586. The average Bonchev–Trinajstić information content (AvgIpc) is 2.43. The van der Waals surface area contributed by atoms with Crippen molar-refractivity contribution in [1.29, 1.82) is 0 Å². The number of hydrogen-bond donors (Lipinski definition) is 1. The third-order valence-corrected chi connectivity index (χ3v) is 2.14. The van der Waals surface area contributed by atoms with Gasteiger partial charge in [-0.15, -0.1) is 0 Å². The van der Waals surface area contributed by atoms with Crippen LogP contribution in [0.5, 0.6) is 0 Å². The lowest BCUT2D eigenvalue weighted by molar-refractivity contribution is -0.136. The fourth-order valence-electron chi connectivity index (χ4n) is 1.25. The molecule has 1 N–H and O–H groups in total. The molecule has 0 radical (unpaired) electrons. The topological polar surface area (TPSA) is 55.4 Å². The molecular weight excluding hydrogens is 230 g/mol. The van der Waals surface area contributed by atoms with Gasteiger partial charge in [0.25, 0.3) is 5.91 Å². The van der Waals surface area contributed by atoms with E-state index in [1.807, 2.05) is 13.0 Å². The molecule has 0 aliphatic rings. The van der Waals surface area contributed by atoms with Gasteiger partial charge in [-0.05, 0) is 25.1 Å². The minimum absolute atomic E-state index is 0.101. The molecule has 1 aromatic rings. The molecule has 0 atom stereocenters. The lowest BCUT2D eigenvalue weighted by atomic mass is 10.2. The van der Waals surface area contributed by atoms with Gasteiger partial charge in [-0.1, -0.05) is 30.4 Å². The van der Waals surface area contributed by atoms with E-state index in [0.717, 1.165) is 0 Å². The Morgan fingerprint density at radius 3 is 2.44 bits per heavy atom. The lowest BCUT2D eigenvalue weighted by Crippen LogP contribution is -2.28. The van der Waals surface area contributed by atoms with Crippen LogP contribution in [0.25, 0.3) is 0 Å². The van der Waals surface area contributed by atoms with Gasteiger partial charge in [-0.25, -0.2) is 4.79 Å². The van der Waals surface area contributed by atoms with Crippen molar-refractivity contribution in [2.24, 2.45) is 0 Å². The van der Waals surface area contributed by atoms with Crippen LogP contribution in [0.2, 0.25) is 0 Å². The van der Waals surface area contributed by atoms with E-state index in [2.05, 4.69) is 10.1 Å². The van der Waals surface area contributed by atoms with Crippen molar-refractivity contribution >= 4 is 11.9 Å². The number of allylic oxidation sites excluding steroid dienone is 3. The van der Waals surface area contributed by atoms with E-state index in [1.165, 1.54) is 13.2 Å². The highest BCUT2D eigenvalue weighted by atomic mass is 16.5. The number of esters is 1. The number of ether oxygens (including phenoxy) is 1. The van der Waals surface area contributed by atoms with Crippen molar-refractivity contribution in [2.45, 2.75) is 6.92 Å². The Kier molecular flexibility index (Phi) is 5.38. The summed E-state index contributed by atoms with van der Waals surface area (Å²) >= 11 is 0. The third-order valence-electron chi connectivity index (χ3n) is 2.14. The molecule has 0 saturated heterocycles. The Hall–Kier alpha value is -2.36. The van der Waals surface area contributed by atoms with Gasteiger partial charge in [0.2, 0.25) is 0 Å². The first kappa shape index (κ1) is 13.7. The summed E-state index contributed by atoms with van der Waals surface area (Å²) in [5.74, 6) is -0.936. The van der Waals surface area contributed by atoms with Gasteiger partial charge in [0, 0.05) is 5.56 Å². The van der Waals surface area contributed by atoms with E-state index in [1.54, 1.807) is 36.4 Å². The number of amides is 1. The third kappa shape index (κ3) is 3.90. The standard InChI is InChI=1S/C14H15NO3/c1-3-4-10-12(14(17)18-2)15-13(16)11-8-6-5-7-9-11/h3-10H,1-2H3,(H,15,16)/b4-3+,12-10+. The number of methoxy groups -OCH3 is 1. The summed E-state index contributed by atoms with van der Waals surface area (Å²) in [7, 11) is 1.26. The van der Waals surface area contributed by atoms with Crippen molar-refractivity contribution in [3.63, 3.8) is 0 Å². The summed E-state index contributed by atoms with van der Waals surface area (Å²) < 4.78 is 4.59. The predicted octanol–water partition coefficient (Wildman–Crippen LogP) is 2.05. The van der Waals surface area contributed by atoms with Crippen molar-refractivity contribution < 1.29 is 14.3 Å². The molecule has 1 rings (SSSR count). The molecule has 0 bridgehead atoms. The predicted molar refractivity (Wildman–Crippen MR) is 68.8 cm³/mol. The van der Waals surface area contributed by atoms with E-state index in [4.69, 9.17) is 0 Å². The quantitative estimate of drug-likeness (QED) is 0.502. The Balaban J connectivity index is 2.85. The number of rotatable bonds is 4. The second kappa shape index (κ2) is 7.06. The molecule has 0 fully saturated rings. The second-order valence-corrected chi connectivity index (χ2v) is 3.42. The van der Waals surface area contributed by atoms with Gasteiger partial charge >= 0.3 is 5.97 Å². The summed E-state index contributed by atoms with van der Waals surface area (Å²) in [6.07, 6.45) is 4.89. The van der Waals surface area contributed by atoms with Crippen LogP contribution in [-0.4, -0.2) is 19.0 Å². The van der Waals surface area contributed by atoms with Gasteiger partial charge in [-0.3, -0.25) is 4.79 Å². The Labute approximate surface area is 106 Å². The first-order valence-corrected chi connectivity index (χ1v) is 5.46. The second-order valence-electron chi connectivity index (χ2n) is 3.42. The zero-order chi connectivity index (χ0) is 13.4. The molecule has 94 valence electrons. The van der Waals surface area contributed by atoms with Crippen LogP contribution in [0.4, 0.5) is 0 Å². The van der Waals surface area contributed by atoms with Crippen molar-refractivity contribution in [3.8, 4) is 0 Å². The van der Waals surface area contributed by atoms with Crippen LogP contribution >= 0.6 is 0 Å². The Morgan fingerprint density at radius 2 is 1.89 bits per heavy atom. The van der Waals surface area contributed by atoms with Gasteiger partial charge in [0.15, 0.2) is 0 Å². The molecule has 0 aromatic heterocycles. The van der Waals surface area contributed by atoms with Crippen molar-refractivity contribution in [3.05, 3.63) is 59.8 Å². The molecule has 0 spiro atoms. The summed E-state index contributed by atoms with van der Waals surface area (Å²) in [4.78, 5) is 23.3. The van der Waals surface area contributed by atoms with Crippen LogP contribution in [0.3, 0.4) is 0 Å². The summed E-state index contributed by atoms with van der Waals surface area (Å²) in [5.41, 5.74) is 0.581. The number of hydrogen-bond acceptors (Lipinski definition) is 3. The van der Waals surface area contributed by atoms with E-state index in [0.29, 0.717) is 5.56 Å². The zero-order valence-electron chi connectivity index (χ0n) is 10.3. The van der Waals surface area contributed by atoms with Crippen LogP contribution in [0, 0.1) is 0 Å². The number of carbonyl (C=O) groups excluding carboxylic acids is 2. The van der Waals surface area contributed by atoms with E-state index < -0.39 is 5.97 Å². The van der Waals surface area contributed by atoms with E-state index in [9.17, 15) is 9.59 Å². The van der Waals surface area contributed by atoms with Crippen LogP contribution < -0.4 is 5.32 Å². The van der Waals surface area contributed by atoms with Gasteiger partial charge in [0.1, 0.15) is 5.70 Å². The molecular formula is C14H15NO3. The van der Waals surface area contributed by atoms with Crippen molar-refractivity contribution in [2.75, 3.05) is 7.11 Å². The Bertz CT molecular complexity index is 475. The summed E-state index contributed by atoms with van der Waals surface area (Å²) in [6, 6.07) is 8.65. The fraction of sp³-hybridized carbons (Fsp3) is 0.143. The zero-order valence-corrected chi connectivity index (χ0v) is 10.3. The van der Waals surface area contributed by atoms with Crippen LogP contribution in [-0.2, 0) is 9.53 Å². The normalized spacial score (nSPS) is 11.3.